The van der Waals surface area contributed by atoms with E-state index >= 15 is 0 Å². The molecule has 0 aliphatic rings. The maximum atomic E-state index is 10.2. The second kappa shape index (κ2) is 5.72. The number of amides is 1. The van der Waals surface area contributed by atoms with Crippen LogP contribution in [-0.2, 0) is 0 Å². The van der Waals surface area contributed by atoms with Crippen LogP contribution in [0.5, 0.6) is 0 Å². The highest BCUT2D eigenvalue weighted by atomic mass is 16.4. The van der Waals surface area contributed by atoms with Gasteiger partial charge < -0.3 is 20.2 Å². The Bertz CT molecular complexity index is 494. The van der Waals surface area contributed by atoms with Gasteiger partial charge in [-0.05, 0) is 24.3 Å². The molecule has 3 N–H and O–H groups in total. The molecule has 6 nitrogen and oxygen atoms in total. The molecule has 1 aromatic heterocycles. The van der Waals surface area contributed by atoms with Crippen molar-refractivity contribution in [2.24, 2.45) is 0 Å². The van der Waals surface area contributed by atoms with E-state index in [1.165, 1.54) is 6.39 Å². The number of nitrogens with one attached hydrogen (secondary N) is 2. The Labute approximate surface area is 104 Å². The van der Waals surface area contributed by atoms with Crippen molar-refractivity contribution in [3.8, 4) is 11.3 Å². The maximum absolute atomic E-state index is 10.2. The predicted molar refractivity (Wildman–Crippen MR) is 66.5 cm³/mol. The third-order valence-corrected chi connectivity index (χ3v) is 2.33. The van der Waals surface area contributed by atoms with Crippen LogP contribution in [0.4, 0.5) is 10.5 Å². The first kappa shape index (κ1) is 12.0. The van der Waals surface area contributed by atoms with E-state index in [4.69, 9.17) is 9.52 Å². The van der Waals surface area contributed by atoms with E-state index in [0.717, 1.165) is 11.3 Å². The van der Waals surface area contributed by atoms with Gasteiger partial charge >= 0.3 is 6.09 Å². The van der Waals surface area contributed by atoms with Crippen LogP contribution in [-0.4, -0.2) is 29.3 Å². The first-order valence-corrected chi connectivity index (χ1v) is 5.45. The summed E-state index contributed by atoms with van der Waals surface area (Å²) in [5.41, 5.74) is 1.87. The van der Waals surface area contributed by atoms with E-state index in [9.17, 15) is 4.79 Å². The number of hydrogen-bond acceptors (Lipinski definition) is 4. The van der Waals surface area contributed by atoms with Crippen molar-refractivity contribution in [1.29, 1.82) is 0 Å². The Morgan fingerprint density at radius 3 is 2.67 bits per heavy atom. The van der Waals surface area contributed by atoms with Crippen LogP contribution in [0.1, 0.15) is 0 Å². The highest BCUT2D eigenvalue weighted by molar-refractivity contribution is 5.64. The van der Waals surface area contributed by atoms with Crippen LogP contribution in [0, 0.1) is 0 Å². The summed E-state index contributed by atoms with van der Waals surface area (Å²) in [5, 5.41) is 13.8. The topological polar surface area (TPSA) is 87.4 Å². The molecular weight excluding hydrogens is 234 g/mol. The van der Waals surface area contributed by atoms with Gasteiger partial charge in [0.1, 0.15) is 0 Å². The monoisotopic (exact) mass is 247 g/mol. The Hall–Kier alpha value is -2.50. The van der Waals surface area contributed by atoms with Gasteiger partial charge in [-0.1, -0.05) is 0 Å². The molecule has 6 heteroatoms. The van der Waals surface area contributed by atoms with Crippen LogP contribution < -0.4 is 10.6 Å². The van der Waals surface area contributed by atoms with E-state index in [-0.39, 0.29) is 0 Å². The molecule has 94 valence electrons. The lowest BCUT2D eigenvalue weighted by Crippen LogP contribution is -2.26. The standard InChI is InChI=1S/C12H13N3O3/c16-12(17)15-6-5-14-10-3-1-9(2-4-10)11-7-13-8-18-11/h1-4,7-8,14-15H,5-6H2,(H,16,17). The van der Waals surface area contributed by atoms with Crippen LogP contribution in [0.25, 0.3) is 11.3 Å². The van der Waals surface area contributed by atoms with E-state index in [1.807, 2.05) is 24.3 Å². The Morgan fingerprint density at radius 2 is 2.06 bits per heavy atom. The summed E-state index contributed by atoms with van der Waals surface area (Å²) in [6, 6.07) is 7.62. The van der Waals surface area contributed by atoms with Gasteiger partial charge in [-0.3, -0.25) is 0 Å². The van der Waals surface area contributed by atoms with E-state index in [1.54, 1.807) is 6.20 Å². The summed E-state index contributed by atoms with van der Waals surface area (Å²) in [6.07, 6.45) is 2.02. The Kier molecular flexibility index (Phi) is 3.80. The molecule has 0 aliphatic heterocycles. The zero-order valence-electron chi connectivity index (χ0n) is 9.59. The first-order chi connectivity index (χ1) is 8.75. The molecule has 0 saturated heterocycles. The number of aromatic nitrogens is 1. The fourth-order valence-corrected chi connectivity index (χ4v) is 1.49. The molecule has 0 radical (unpaired) electrons. The molecule has 0 unspecified atom stereocenters. The number of carboxylic acid groups (broad SMARTS) is 1. The maximum Gasteiger partial charge on any atom is 0.404 e. The molecule has 1 heterocycles. The molecule has 18 heavy (non-hydrogen) atoms. The normalized spacial score (nSPS) is 10.0. The van der Waals surface area contributed by atoms with Gasteiger partial charge in [0.15, 0.2) is 12.2 Å². The zero-order valence-corrected chi connectivity index (χ0v) is 9.59. The third-order valence-electron chi connectivity index (χ3n) is 2.33. The highest BCUT2D eigenvalue weighted by Crippen LogP contribution is 2.20. The van der Waals surface area contributed by atoms with Crippen molar-refractivity contribution >= 4 is 11.8 Å². The second-order valence-corrected chi connectivity index (χ2v) is 3.60. The Morgan fingerprint density at radius 1 is 1.28 bits per heavy atom. The molecule has 2 rings (SSSR count). The van der Waals surface area contributed by atoms with Gasteiger partial charge in [-0.25, -0.2) is 9.78 Å². The SMILES string of the molecule is O=C(O)NCCNc1ccc(-c2cnco2)cc1. The fourth-order valence-electron chi connectivity index (χ4n) is 1.49. The molecule has 0 bridgehead atoms. The van der Waals surface area contributed by atoms with Crippen LogP contribution in [0.2, 0.25) is 0 Å². The molecule has 1 amide bonds. The van der Waals surface area contributed by atoms with Gasteiger partial charge in [0, 0.05) is 24.3 Å². The summed E-state index contributed by atoms with van der Waals surface area (Å²) < 4.78 is 5.18. The highest BCUT2D eigenvalue weighted by Gasteiger charge is 2.00. The lowest BCUT2D eigenvalue weighted by Gasteiger charge is -2.06. The number of nitrogens with zero attached hydrogens (tertiary/aromatic N) is 1. The van der Waals surface area contributed by atoms with Gasteiger partial charge in [0.2, 0.25) is 0 Å². The van der Waals surface area contributed by atoms with E-state index in [0.29, 0.717) is 18.8 Å². The van der Waals surface area contributed by atoms with Gasteiger partial charge in [-0.2, -0.15) is 0 Å². The minimum absolute atomic E-state index is 0.360. The number of oxazole rings is 1. The molecule has 0 fully saturated rings. The molecule has 1 aromatic carbocycles. The lowest BCUT2D eigenvalue weighted by atomic mass is 10.2. The summed E-state index contributed by atoms with van der Waals surface area (Å²) in [5.74, 6) is 0.717. The van der Waals surface area contributed by atoms with E-state index in [2.05, 4.69) is 15.6 Å². The van der Waals surface area contributed by atoms with Gasteiger partial charge in [0.25, 0.3) is 0 Å². The van der Waals surface area contributed by atoms with E-state index < -0.39 is 6.09 Å². The minimum Gasteiger partial charge on any atom is -0.465 e. The number of hydrogen-bond donors (Lipinski definition) is 3. The molecule has 0 saturated carbocycles. The summed E-state index contributed by atoms with van der Waals surface area (Å²) >= 11 is 0. The predicted octanol–water partition coefficient (Wildman–Crippen LogP) is 2.02. The molecule has 0 aliphatic carbocycles. The first-order valence-electron chi connectivity index (χ1n) is 5.45. The van der Waals surface area contributed by atoms with Crippen molar-refractivity contribution in [3.05, 3.63) is 36.9 Å². The minimum atomic E-state index is -1.02. The fraction of sp³-hybridized carbons (Fsp3) is 0.167. The average molecular weight is 247 g/mol. The van der Waals surface area contributed by atoms with Gasteiger partial charge in [-0.15, -0.1) is 0 Å². The largest absolute Gasteiger partial charge is 0.465 e. The lowest BCUT2D eigenvalue weighted by molar-refractivity contribution is 0.195. The Balaban J connectivity index is 1.86. The van der Waals surface area contributed by atoms with Crippen LogP contribution in [0.15, 0.2) is 41.3 Å². The van der Waals surface area contributed by atoms with Crippen molar-refractivity contribution in [2.75, 3.05) is 18.4 Å². The zero-order chi connectivity index (χ0) is 12.8. The number of carbonyl (C=O) groups is 1. The van der Waals surface area contributed by atoms with Crippen molar-refractivity contribution in [3.63, 3.8) is 0 Å². The second-order valence-electron chi connectivity index (χ2n) is 3.60. The molecular formula is C12H13N3O3. The third kappa shape index (κ3) is 3.24. The number of rotatable bonds is 5. The molecule has 2 aromatic rings. The van der Waals surface area contributed by atoms with Crippen LogP contribution in [0.3, 0.4) is 0 Å². The summed E-state index contributed by atoms with van der Waals surface area (Å²) in [4.78, 5) is 14.1. The van der Waals surface area contributed by atoms with Crippen LogP contribution >= 0.6 is 0 Å². The smallest absolute Gasteiger partial charge is 0.404 e. The van der Waals surface area contributed by atoms with Crippen molar-refractivity contribution < 1.29 is 14.3 Å². The molecule has 0 atom stereocenters. The summed E-state index contributed by atoms with van der Waals surface area (Å²) in [7, 11) is 0. The van der Waals surface area contributed by atoms with Crippen molar-refractivity contribution in [1.82, 2.24) is 10.3 Å². The quantitative estimate of drug-likeness (QED) is 0.703. The number of anilines is 1. The van der Waals surface area contributed by atoms with Gasteiger partial charge in [0.05, 0.1) is 6.20 Å². The number of benzene rings is 1. The average Bonchev–Trinajstić information content (AvgIpc) is 2.89. The molecule has 0 spiro atoms. The van der Waals surface area contributed by atoms with Crippen molar-refractivity contribution in [2.45, 2.75) is 0 Å². The summed E-state index contributed by atoms with van der Waals surface area (Å²) in [6.45, 7) is 0.896.